The standard InChI is InChI=1S/C72H62F8N4O8/c1-11-83-59-25-17-49(33-55(59)57-35-51(19-27-61(57)83)67(87)63-41(5)29-39(3)30-42(63)6)65(81-91-45(9)85)47-13-21-53(22-14-47)89-37-69(73,74)71(77,78)72(79,80)70(75,76)38-90-54-23-15-48(16-24-54)66(82-92-46(10)86)50-18-26-60-56(34-50)58-36-52(20-28-62(58)84(60)12-2)68(88)64-43(7)31-40(4)32-44(64)8/h13-36H,11-12,37-38H2,1-10H3/b81-65-,82-66-. The van der Waals surface area contributed by atoms with Gasteiger partial charge in [0.05, 0.1) is 0 Å². The summed E-state index contributed by atoms with van der Waals surface area (Å²) in [6, 6.07) is 38.0. The number of hydrogen-bond acceptors (Lipinski definition) is 10. The van der Waals surface area contributed by atoms with Crippen molar-refractivity contribution in [1.29, 1.82) is 0 Å². The molecular weight excluding hydrogens is 1200 g/mol. The van der Waals surface area contributed by atoms with E-state index in [0.717, 1.165) is 93.6 Å². The molecule has 0 N–H and O–H groups in total. The molecule has 0 radical (unpaired) electrons. The fraction of sp³-hybridized carbons (Fsp3) is 0.250. The van der Waals surface area contributed by atoms with Crippen LogP contribution in [0.1, 0.15) is 115 Å². The molecule has 0 unspecified atom stereocenters. The highest BCUT2D eigenvalue weighted by atomic mass is 19.4. The SMILES string of the molecule is CCn1c2ccc(C(=O)c3c(C)cc(C)cc3C)cc2c2cc(/C(=N\OC(C)=O)c3ccc(OCC(F)(F)C(F)(F)C(F)(F)C(F)(F)COc4ccc(/C(=N/OC(C)=O)c5ccc6c(c5)c5cc(C(=O)c7c(C)cc(C)cc7C)ccc5n6CC)cc4)cc3)ccc21. The number of carbonyl (C=O) groups is 4. The molecule has 92 heavy (non-hydrogen) atoms. The van der Waals surface area contributed by atoms with Crippen LogP contribution < -0.4 is 9.47 Å². The number of alkyl halides is 8. The molecule has 2 heterocycles. The lowest BCUT2D eigenvalue weighted by atomic mass is 9.92. The third-order valence-electron chi connectivity index (χ3n) is 16.2. The maximum Gasteiger partial charge on any atom is 0.381 e. The number of fused-ring (bicyclic) bond motifs is 6. The fourth-order valence-corrected chi connectivity index (χ4v) is 12.0. The Morgan fingerprint density at radius 3 is 0.946 bits per heavy atom. The van der Waals surface area contributed by atoms with E-state index < -0.39 is 60.3 Å². The molecule has 0 fully saturated rings. The van der Waals surface area contributed by atoms with E-state index in [1.165, 1.54) is 24.3 Å². The van der Waals surface area contributed by atoms with Crippen LogP contribution in [0.3, 0.4) is 0 Å². The zero-order valence-corrected chi connectivity index (χ0v) is 51.8. The number of aryl methyl sites for hydroxylation is 8. The van der Waals surface area contributed by atoms with Gasteiger partial charge < -0.3 is 28.3 Å². The molecule has 12 nitrogen and oxygen atoms in total. The van der Waals surface area contributed by atoms with Crippen molar-refractivity contribution >= 4 is 78.5 Å². The minimum Gasteiger partial charge on any atom is -0.487 e. The average molecular weight is 1260 g/mol. The number of ether oxygens (including phenoxy) is 2. The zero-order chi connectivity index (χ0) is 66.5. The van der Waals surface area contributed by atoms with Gasteiger partial charge in [-0.2, -0.15) is 35.1 Å². The van der Waals surface area contributed by atoms with Crippen LogP contribution in [0.25, 0.3) is 43.6 Å². The first-order chi connectivity index (χ1) is 43.5. The molecule has 0 spiro atoms. The highest BCUT2D eigenvalue weighted by Crippen LogP contribution is 2.53. The molecule has 10 aromatic rings. The van der Waals surface area contributed by atoms with Gasteiger partial charge in [-0.25, -0.2) is 9.59 Å². The van der Waals surface area contributed by atoms with Gasteiger partial charge in [0.1, 0.15) is 22.9 Å². The Bertz CT molecular complexity index is 4340. The van der Waals surface area contributed by atoms with Gasteiger partial charge in [0, 0.05) is 115 Å². The van der Waals surface area contributed by atoms with Crippen molar-refractivity contribution in [2.24, 2.45) is 10.3 Å². The molecule has 0 aliphatic carbocycles. The minimum absolute atomic E-state index is 0.0269. The van der Waals surface area contributed by atoms with E-state index in [2.05, 4.69) is 10.3 Å². The van der Waals surface area contributed by atoms with Crippen LogP contribution in [0.2, 0.25) is 0 Å². The predicted molar refractivity (Wildman–Crippen MR) is 337 cm³/mol. The van der Waals surface area contributed by atoms with Crippen molar-refractivity contribution in [2.45, 2.75) is 106 Å². The van der Waals surface area contributed by atoms with E-state index in [1.54, 1.807) is 60.7 Å². The Morgan fingerprint density at radius 1 is 0.391 bits per heavy atom. The first-order valence-corrected chi connectivity index (χ1v) is 29.3. The number of benzene rings is 8. The Hall–Kier alpha value is -9.98. The Balaban J connectivity index is 0.842. The lowest BCUT2D eigenvalue weighted by Gasteiger charge is -2.36. The van der Waals surface area contributed by atoms with Crippen LogP contribution in [-0.4, -0.2) is 81.0 Å². The molecule has 2 aromatic heterocycles. The van der Waals surface area contributed by atoms with Crippen LogP contribution in [0.15, 0.2) is 156 Å². The Labute approximate surface area is 523 Å². The van der Waals surface area contributed by atoms with Gasteiger partial charge in [0.2, 0.25) is 0 Å². The Morgan fingerprint density at radius 2 is 0.663 bits per heavy atom. The number of nitrogens with zero attached hydrogens (tertiary/aromatic N) is 4. The second kappa shape index (κ2) is 25.0. The number of carbonyl (C=O) groups excluding carboxylic acids is 4. The maximum absolute atomic E-state index is 15.4. The van der Waals surface area contributed by atoms with Gasteiger partial charge in [-0.15, -0.1) is 0 Å². The first-order valence-electron chi connectivity index (χ1n) is 29.3. The topological polar surface area (TPSA) is 140 Å². The average Bonchev–Trinajstić information content (AvgIpc) is 1.28. The van der Waals surface area contributed by atoms with Gasteiger partial charge in [0.15, 0.2) is 24.8 Å². The number of rotatable bonds is 21. The number of halogens is 8. The summed E-state index contributed by atoms with van der Waals surface area (Å²) < 4.78 is 137. The van der Waals surface area contributed by atoms with E-state index in [1.807, 2.05) is 101 Å². The lowest BCUT2D eigenvalue weighted by molar-refractivity contribution is -0.371. The van der Waals surface area contributed by atoms with Gasteiger partial charge in [-0.05, 0) is 187 Å². The van der Waals surface area contributed by atoms with E-state index >= 15 is 35.1 Å². The van der Waals surface area contributed by atoms with Gasteiger partial charge in [0.25, 0.3) is 0 Å². The third kappa shape index (κ3) is 12.1. The number of hydrogen-bond donors (Lipinski definition) is 0. The molecule has 0 aliphatic rings. The normalized spacial score (nSPS) is 12.7. The summed E-state index contributed by atoms with van der Waals surface area (Å²) in [5.74, 6) is -28.4. The van der Waals surface area contributed by atoms with Gasteiger partial charge >= 0.3 is 35.6 Å². The van der Waals surface area contributed by atoms with Crippen LogP contribution in [-0.2, 0) is 32.4 Å². The summed E-state index contributed by atoms with van der Waals surface area (Å²) in [7, 11) is 0. The molecule has 0 saturated carbocycles. The van der Waals surface area contributed by atoms with Crippen molar-refractivity contribution in [3.8, 4) is 11.5 Å². The summed E-state index contributed by atoms with van der Waals surface area (Å²) >= 11 is 0. The van der Waals surface area contributed by atoms with Gasteiger partial charge in [-0.3, -0.25) is 9.59 Å². The van der Waals surface area contributed by atoms with E-state index in [4.69, 9.17) is 19.1 Å². The second-order valence-electron chi connectivity index (χ2n) is 22.9. The Kier molecular flexibility index (Phi) is 17.7. The van der Waals surface area contributed by atoms with Crippen LogP contribution >= 0.6 is 0 Å². The number of aromatic nitrogens is 2. The van der Waals surface area contributed by atoms with Crippen LogP contribution in [0, 0.1) is 41.5 Å². The summed E-state index contributed by atoms with van der Waals surface area (Å²) in [4.78, 5) is 62.2. The van der Waals surface area contributed by atoms with E-state index in [-0.39, 0.29) is 34.1 Å². The van der Waals surface area contributed by atoms with Crippen LogP contribution in [0.4, 0.5) is 35.1 Å². The highest BCUT2D eigenvalue weighted by Gasteiger charge is 2.81. The molecule has 0 bridgehead atoms. The summed E-state index contributed by atoms with van der Waals surface area (Å²) in [6.45, 7) is 13.6. The minimum atomic E-state index is -6.73. The second-order valence-corrected chi connectivity index (χ2v) is 22.9. The quantitative estimate of drug-likeness (QED) is 0.0228. The third-order valence-corrected chi connectivity index (χ3v) is 16.2. The van der Waals surface area contributed by atoms with Crippen molar-refractivity contribution in [2.75, 3.05) is 13.2 Å². The largest absolute Gasteiger partial charge is 0.487 e. The zero-order valence-electron chi connectivity index (χ0n) is 51.8. The molecule has 0 aliphatic heterocycles. The van der Waals surface area contributed by atoms with Crippen molar-refractivity contribution in [3.05, 3.63) is 223 Å². The molecule has 0 atom stereocenters. The molecule has 0 amide bonds. The number of ketones is 2. The van der Waals surface area contributed by atoms with Crippen molar-refractivity contribution in [1.82, 2.24) is 9.13 Å². The monoisotopic (exact) mass is 1260 g/mol. The van der Waals surface area contributed by atoms with Crippen molar-refractivity contribution < 1.29 is 73.5 Å². The summed E-state index contributed by atoms with van der Waals surface area (Å²) in [5, 5.41) is 10.9. The molecular formula is C72H62F8N4O8. The lowest BCUT2D eigenvalue weighted by Crippen LogP contribution is -2.65. The highest BCUT2D eigenvalue weighted by molar-refractivity contribution is 6.20. The van der Waals surface area contributed by atoms with Crippen LogP contribution in [0.5, 0.6) is 11.5 Å². The predicted octanol–water partition coefficient (Wildman–Crippen LogP) is 16.9. The summed E-state index contributed by atoms with van der Waals surface area (Å²) in [5.41, 5.74) is 11.7. The first kappa shape index (κ1) is 65.0. The maximum atomic E-state index is 15.4. The van der Waals surface area contributed by atoms with E-state index in [0.29, 0.717) is 68.0 Å². The van der Waals surface area contributed by atoms with Crippen molar-refractivity contribution in [3.63, 3.8) is 0 Å². The number of oxime groups is 2. The molecule has 8 aromatic carbocycles. The molecule has 0 saturated heterocycles. The molecule has 10 rings (SSSR count). The smallest absolute Gasteiger partial charge is 0.381 e. The fourth-order valence-electron chi connectivity index (χ4n) is 12.0. The molecule has 20 heteroatoms. The van der Waals surface area contributed by atoms with Gasteiger partial charge in [-0.1, -0.05) is 57.8 Å². The summed E-state index contributed by atoms with van der Waals surface area (Å²) in [6.07, 6.45) is 0. The molecule has 474 valence electrons. The van der Waals surface area contributed by atoms with E-state index in [9.17, 15) is 19.2 Å².